The normalized spacial score (nSPS) is 26.9. The first-order valence-corrected chi connectivity index (χ1v) is 11.3. The van der Waals surface area contributed by atoms with Crippen molar-refractivity contribution in [1.29, 1.82) is 0 Å². The summed E-state index contributed by atoms with van der Waals surface area (Å²) in [5, 5.41) is 2.50. The molecular weight excluding hydrogens is 428 g/mol. The molecule has 1 saturated heterocycles. The van der Waals surface area contributed by atoms with Crippen LogP contribution in [0.2, 0.25) is 5.02 Å². The number of hydrogen-bond donors (Lipinski definition) is 0. The highest BCUT2D eigenvalue weighted by Gasteiger charge is 2.63. The molecule has 1 aliphatic heterocycles. The molecule has 0 aromatic heterocycles. The number of rotatable bonds is 5. The lowest BCUT2D eigenvalue weighted by atomic mass is 9.81. The summed E-state index contributed by atoms with van der Waals surface area (Å²) in [6.07, 6.45) is 2.76. The van der Waals surface area contributed by atoms with Gasteiger partial charge in [-0.3, -0.25) is 19.2 Å². The Balaban J connectivity index is 1.54. The third kappa shape index (κ3) is 3.16. The molecule has 2 saturated carbocycles. The van der Waals surface area contributed by atoms with Crippen molar-refractivity contribution in [2.45, 2.75) is 32.2 Å². The first-order chi connectivity index (χ1) is 15.4. The van der Waals surface area contributed by atoms with Gasteiger partial charge in [0.25, 0.3) is 17.7 Å². The smallest absolute Gasteiger partial charge is 0.273 e. The van der Waals surface area contributed by atoms with Gasteiger partial charge in [-0.2, -0.15) is 5.01 Å². The summed E-state index contributed by atoms with van der Waals surface area (Å²) < 4.78 is 0. The highest BCUT2D eigenvalue weighted by atomic mass is 35.5. The molecule has 32 heavy (non-hydrogen) atoms. The second-order valence-corrected chi connectivity index (χ2v) is 9.37. The summed E-state index contributed by atoms with van der Waals surface area (Å²) in [6, 6.07) is 13.8. The van der Waals surface area contributed by atoms with Gasteiger partial charge in [-0.1, -0.05) is 41.9 Å². The number of halogens is 1. The maximum atomic E-state index is 13.6. The fourth-order valence-electron chi connectivity index (χ4n) is 5.72. The summed E-state index contributed by atoms with van der Waals surface area (Å²) in [5.41, 5.74) is 0.663. The molecule has 0 N–H and O–H groups in total. The maximum Gasteiger partial charge on any atom is 0.273 e. The third-order valence-electron chi connectivity index (χ3n) is 7.22. The Morgan fingerprint density at radius 2 is 1.47 bits per heavy atom. The molecule has 2 bridgehead atoms. The maximum absolute atomic E-state index is 13.6. The molecule has 5 atom stereocenters. The summed E-state index contributed by atoms with van der Waals surface area (Å²) in [5.74, 6) is -2.05. The lowest BCUT2D eigenvalue weighted by Crippen LogP contribution is -2.56. The van der Waals surface area contributed by atoms with E-state index in [1.165, 1.54) is 12.1 Å². The van der Waals surface area contributed by atoms with E-state index in [1.807, 2.05) is 0 Å². The first-order valence-electron chi connectivity index (χ1n) is 10.9. The van der Waals surface area contributed by atoms with Gasteiger partial charge in [0.1, 0.15) is 6.04 Å². The fraction of sp³-hybridized carbons (Fsp3) is 0.360. The van der Waals surface area contributed by atoms with Crippen molar-refractivity contribution >= 4 is 35.1 Å². The average molecular weight is 451 g/mol. The topological polar surface area (TPSA) is 74.8 Å². The van der Waals surface area contributed by atoms with Crippen LogP contribution in [0.4, 0.5) is 0 Å². The highest BCUT2D eigenvalue weighted by Crippen LogP contribution is 2.56. The molecule has 3 amide bonds. The number of carbonyl (C=O) groups is 4. The predicted molar refractivity (Wildman–Crippen MR) is 118 cm³/mol. The third-order valence-corrected chi connectivity index (χ3v) is 7.48. The molecule has 0 unspecified atom stereocenters. The largest absolute Gasteiger partial charge is 0.292 e. The monoisotopic (exact) mass is 450 g/mol. The van der Waals surface area contributed by atoms with Crippen molar-refractivity contribution < 1.29 is 19.2 Å². The average Bonchev–Trinajstić information content (AvgIpc) is 3.49. The Bertz CT molecular complexity index is 1070. The minimum Gasteiger partial charge on any atom is -0.292 e. The number of hydrogen-bond acceptors (Lipinski definition) is 4. The number of nitrogens with zero attached hydrogens (tertiary/aromatic N) is 2. The Labute approximate surface area is 191 Å². The van der Waals surface area contributed by atoms with E-state index in [2.05, 4.69) is 0 Å². The Morgan fingerprint density at radius 3 is 2.03 bits per heavy atom. The number of carbonyl (C=O) groups excluding carboxylic acids is 4. The van der Waals surface area contributed by atoms with Gasteiger partial charge in [0.2, 0.25) is 0 Å². The number of fused-ring (bicyclic) bond motifs is 5. The summed E-state index contributed by atoms with van der Waals surface area (Å²) in [4.78, 5) is 53.8. The van der Waals surface area contributed by atoms with Crippen molar-refractivity contribution in [2.75, 3.05) is 0 Å². The van der Waals surface area contributed by atoms with Crippen LogP contribution in [0.15, 0.2) is 54.6 Å². The first kappa shape index (κ1) is 20.9. The van der Waals surface area contributed by atoms with E-state index in [0.29, 0.717) is 10.6 Å². The number of benzene rings is 2. The van der Waals surface area contributed by atoms with Crippen LogP contribution in [0.1, 0.15) is 46.9 Å². The van der Waals surface area contributed by atoms with Crippen molar-refractivity contribution in [2.24, 2.45) is 23.7 Å². The van der Waals surface area contributed by atoms with E-state index in [1.54, 1.807) is 49.4 Å². The van der Waals surface area contributed by atoms with Gasteiger partial charge in [0.05, 0.1) is 11.8 Å². The van der Waals surface area contributed by atoms with Crippen LogP contribution < -0.4 is 0 Å². The predicted octanol–water partition coefficient (Wildman–Crippen LogP) is 4.00. The molecule has 2 aliphatic carbocycles. The Kier molecular flexibility index (Phi) is 5.13. The van der Waals surface area contributed by atoms with Gasteiger partial charge in [-0.15, -0.1) is 0 Å². The van der Waals surface area contributed by atoms with Crippen molar-refractivity contribution in [3.05, 3.63) is 70.7 Å². The highest BCUT2D eigenvalue weighted by molar-refractivity contribution is 6.30. The Hall–Kier alpha value is -2.99. The van der Waals surface area contributed by atoms with Crippen LogP contribution in [0.5, 0.6) is 0 Å². The molecule has 3 fully saturated rings. The molecule has 0 radical (unpaired) electrons. The van der Waals surface area contributed by atoms with Crippen LogP contribution >= 0.6 is 11.6 Å². The molecule has 5 rings (SSSR count). The minimum atomic E-state index is -1.04. The van der Waals surface area contributed by atoms with Gasteiger partial charge < -0.3 is 0 Å². The molecular formula is C25H23ClN2O4. The van der Waals surface area contributed by atoms with E-state index in [0.717, 1.165) is 29.3 Å². The molecule has 2 aromatic carbocycles. The lowest BCUT2D eigenvalue weighted by molar-refractivity contribution is -0.157. The van der Waals surface area contributed by atoms with Gasteiger partial charge in [0, 0.05) is 16.1 Å². The van der Waals surface area contributed by atoms with E-state index in [4.69, 9.17) is 11.6 Å². The van der Waals surface area contributed by atoms with E-state index in [9.17, 15) is 19.2 Å². The van der Waals surface area contributed by atoms with Crippen LogP contribution in [-0.4, -0.2) is 39.6 Å². The number of Topliss-reactive ketones (excluding diaryl/α,β-unsaturated/α-hetero) is 1. The van der Waals surface area contributed by atoms with Gasteiger partial charge in [-0.25, -0.2) is 5.01 Å². The lowest BCUT2D eigenvalue weighted by Gasteiger charge is -2.35. The molecule has 7 heteroatoms. The molecule has 3 aliphatic rings. The number of ketones is 1. The standard InChI is InChI=1S/C25H23ClN2O4/c1-14(22(29)15-5-3-2-4-6-15)27(23(30)16-9-11-19(26)12-10-16)28-24(31)20-17-7-8-18(13-17)21(20)25(28)32/h2-6,9-12,14,17-18,20-21H,7-8,13H2,1H3/t14-,17+,18+,20-,21+/m1/s1. The second-order valence-electron chi connectivity index (χ2n) is 8.94. The van der Waals surface area contributed by atoms with Crippen LogP contribution in [0.3, 0.4) is 0 Å². The zero-order valence-electron chi connectivity index (χ0n) is 17.6. The minimum absolute atomic E-state index is 0.180. The van der Waals surface area contributed by atoms with Gasteiger partial charge >= 0.3 is 0 Å². The number of amides is 3. The van der Waals surface area contributed by atoms with Crippen molar-refractivity contribution in [3.8, 4) is 0 Å². The SMILES string of the molecule is C[C@H](C(=O)c1ccccc1)N(C(=O)c1ccc(Cl)cc1)N1C(=O)[C@@H]2[C@H]3CC[C@@H](C3)[C@@H]2C1=O. The number of hydrazine groups is 1. The summed E-state index contributed by atoms with van der Waals surface area (Å²) in [7, 11) is 0. The van der Waals surface area contributed by atoms with Crippen molar-refractivity contribution in [1.82, 2.24) is 10.0 Å². The molecule has 6 nitrogen and oxygen atoms in total. The molecule has 0 spiro atoms. The summed E-state index contributed by atoms with van der Waals surface area (Å²) in [6.45, 7) is 1.56. The second kappa shape index (κ2) is 7.85. The van der Waals surface area contributed by atoms with Gasteiger partial charge in [-0.05, 0) is 62.3 Å². The Morgan fingerprint density at radius 1 is 0.906 bits per heavy atom. The van der Waals surface area contributed by atoms with Crippen LogP contribution in [0.25, 0.3) is 0 Å². The van der Waals surface area contributed by atoms with Crippen LogP contribution in [-0.2, 0) is 9.59 Å². The van der Waals surface area contributed by atoms with E-state index < -0.39 is 11.9 Å². The zero-order valence-corrected chi connectivity index (χ0v) is 18.4. The number of imide groups is 1. The zero-order chi connectivity index (χ0) is 22.6. The molecule has 2 aromatic rings. The summed E-state index contributed by atoms with van der Waals surface area (Å²) >= 11 is 5.97. The fourth-order valence-corrected chi connectivity index (χ4v) is 5.85. The van der Waals surface area contributed by atoms with Crippen molar-refractivity contribution in [3.63, 3.8) is 0 Å². The van der Waals surface area contributed by atoms with E-state index in [-0.39, 0.29) is 46.8 Å². The quantitative estimate of drug-likeness (QED) is 0.509. The van der Waals surface area contributed by atoms with Crippen LogP contribution in [0, 0.1) is 23.7 Å². The molecule has 164 valence electrons. The van der Waals surface area contributed by atoms with Gasteiger partial charge in [0.15, 0.2) is 5.78 Å². The van der Waals surface area contributed by atoms with E-state index >= 15 is 0 Å². The molecule has 1 heterocycles.